The molecule has 1 aromatic rings. The van der Waals surface area contributed by atoms with Gasteiger partial charge in [-0.3, -0.25) is 4.79 Å². The molecule has 0 aromatic heterocycles. The van der Waals surface area contributed by atoms with E-state index in [0.29, 0.717) is 12.0 Å². The largest absolute Gasteiger partial charge is 0.353 e. The molecule has 2 heteroatoms. The van der Waals surface area contributed by atoms with Crippen molar-refractivity contribution in [1.82, 2.24) is 5.32 Å². The van der Waals surface area contributed by atoms with Crippen LogP contribution in [0, 0.1) is 5.92 Å². The first kappa shape index (κ1) is 9.88. The maximum absolute atomic E-state index is 11.6. The minimum atomic E-state index is 0.160. The molecule has 2 aliphatic rings. The summed E-state index contributed by atoms with van der Waals surface area (Å²) in [6, 6.07) is 9.06. The van der Waals surface area contributed by atoms with Gasteiger partial charge in [-0.25, -0.2) is 0 Å². The van der Waals surface area contributed by atoms with Gasteiger partial charge in [0.05, 0.1) is 0 Å². The lowest BCUT2D eigenvalue weighted by molar-refractivity contribution is -0.127. The normalized spacial score (nSPS) is 32.6. The molecule has 3 atom stereocenters. The maximum Gasteiger partial charge on any atom is 0.223 e. The van der Waals surface area contributed by atoms with E-state index in [-0.39, 0.29) is 11.8 Å². The fourth-order valence-electron chi connectivity index (χ4n) is 3.13. The number of carbonyl (C=O) groups is 1. The summed E-state index contributed by atoms with van der Waals surface area (Å²) in [7, 11) is 0. The van der Waals surface area contributed by atoms with Gasteiger partial charge in [0.25, 0.3) is 0 Å². The average molecular weight is 215 g/mol. The van der Waals surface area contributed by atoms with Gasteiger partial charge in [0.1, 0.15) is 0 Å². The molecule has 2 nitrogen and oxygen atoms in total. The molecule has 1 aliphatic heterocycles. The summed E-state index contributed by atoms with van der Waals surface area (Å²) in [6.07, 6.45) is 3.21. The van der Waals surface area contributed by atoms with Crippen LogP contribution in [0.4, 0.5) is 0 Å². The molecule has 1 fully saturated rings. The quantitative estimate of drug-likeness (QED) is 0.706. The molecule has 1 amide bonds. The highest BCUT2D eigenvalue weighted by Gasteiger charge is 2.37. The molecule has 1 saturated heterocycles. The Morgan fingerprint density at radius 3 is 3.00 bits per heavy atom. The SMILES string of the molecule is CC1CC2c3ccccc3CCC2NC1=O. The lowest BCUT2D eigenvalue weighted by atomic mass is 9.73. The molecule has 1 aliphatic carbocycles. The smallest absolute Gasteiger partial charge is 0.223 e. The Morgan fingerprint density at radius 1 is 1.31 bits per heavy atom. The molecule has 1 N–H and O–H groups in total. The molecule has 0 bridgehead atoms. The topological polar surface area (TPSA) is 29.1 Å². The minimum absolute atomic E-state index is 0.160. The van der Waals surface area contributed by atoms with Gasteiger partial charge in [-0.2, -0.15) is 0 Å². The molecular formula is C14H17NO. The first-order valence-electron chi connectivity index (χ1n) is 6.14. The van der Waals surface area contributed by atoms with Crippen LogP contribution in [-0.4, -0.2) is 11.9 Å². The van der Waals surface area contributed by atoms with E-state index in [1.54, 1.807) is 0 Å². The highest BCUT2D eigenvalue weighted by Crippen LogP contribution is 2.38. The van der Waals surface area contributed by atoms with Gasteiger partial charge in [0.15, 0.2) is 0 Å². The lowest BCUT2D eigenvalue weighted by Crippen LogP contribution is -2.49. The van der Waals surface area contributed by atoms with Crippen LogP contribution in [-0.2, 0) is 11.2 Å². The van der Waals surface area contributed by atoms with Gasteiger partial charge in [-0.05, 0) is 30.4 Å². The second-order valence-corrected chi connectivity index (χ2v) is 5.10. The maximum atomic E-state index is 11.6. The van der Waals surface area contributed by atoms with Gasteiger partial charge < -0.3 is 5.32 Å². The summed E-state index contributed by atoms with van der Waals surface area (Å²) in [4.78, 5) is 11.6. The minimum Gasteiger partial charge on any atom is -0.353 e. The zero-order valence-electron chi connectivity index (χ0n) is 9.57. The molecule has 84 valence electrons. The van der Waals surface area contributed by atoms with E-state index < -0.39 is 0 Å². The molecule has 1 heterocycles. The van der Waals surface area contributed by atoms with Crippen LogP contribution in [0.1, 0.15) is 36.8 Å². The number of hydrogen-bond donors (Lipinski definition) is 1. The third kappa shape index (κ3) is 1.44. The summed E-state index contributed by atoms with van der Waals surface area (Å²) in [5, 5.41) is 3.17. The van der Waals surface area contributed by atoms with E-state index in [4.69, 9.17) is 0 Å². The molecule has 1 aromatic carbocycles. The fraction of sp³-hybridized carbons (Fsp3) is 0.500. The number of aryl methyl sites for hydroxylation is 1. The van der Waals surface area contributed by atoms with E-state index in [1.807, 2.05) is 6.92 Å². The Kier molecular flexibility index (Phi) is 2.23. The zero-order chi connectivity index (χ0) is 11.1. The van der Waals surface area contributed by atoms with Gasteiger partial charge in [-0.1, -0.05) is 31.2 Å². The van der Waals surface area contributed by atoms with E-state index in [2.05, 4.69) is 29.6 Å². The summed E-state index contributed by atoms with van der Waals surface area (Å²) in [5.74, 6) is 0.936. The highest BCUT2D eigenvalue weighted by atomic mass is 16.2. The summed E-state index contributed by atoms with van der Waals surface area (Å²) in [5.41, 5.74) is 2.94. The van der Waals surface area contributed by atoms with Gasteiger partial charge in [0.2, 0.25) is 5.91 Å². The van der Waals surface area contributed by atoms with Crippen molar-refractivity contribution in [2.45, 2.75) is 38.1 Å². The Bertz CT molecular complexity index is 426. The average Bonchev–Trinajstić information content (AvgIpc) is 2.31. The van der Waals surface area contributed by atoms with Crippen molar-refractivity contribution in [3.05, 3.63) is 35.4 Å². The standard InChI is InChI=1S/C14H17NO/c1-9-8-12-11-5-3-2-4-10(11)6-7-13(12)15-14(9)16/h2-5,9,12-13H,6-8H2,1H3,(H,15,16). The van der Waals surface area contributed by atoms with Gasteiger partial charge in [-0.15, -0.1) is 0 Å². The first-order chi connectivity index (χ1) is 7.75. The van der Waals surface area contributed by atoms with Crippen molar-refractivity contribution < 1.29 is 4.79 Å². The van der Waals surface area contributed by atoms with E-state index in [9.17, 15) is 4.79 Å². The van der Waals surface area contributed by atoms with E-state index in [1.165, 1.54) is 11.1 Å². The van der Waals surface area contributed by atoms with Crippen LogP contribution in [0.15, 0.2) is 24.3 Å². The van der Waals surface area contributed by atoms with Crippen molar-refractivity contribution >= 4 is 5.91 Å². The third-order valence-corrected chi connectivity index (χ3v) is 4.05. The van der Waals surface area contributed by atoms with Crippen molar-refractivity contribution in [2.75, 3.05) is 0 Å². The number of rotatable bonds is 0. The number of carbonyl (C=O) groups excluding carboxylic acids is 1. The lowest BCUT2D eigenvalue weighted by Gasteiger charge is -2.39. The van der Waals surface area contributed by atoms with Crippen molar-refractivity contribution in [3.8, 4) is 0 Å². The fourth-order valence-corrected chi connectivity index (χ4v) is 3.13. The van der Waals surface area contributed by atoms with E-state index >= 15 is 0 Å². The number of hydrogen-bond acceptors (Lipinski definition) is 1. The Hall–Kier alpha value is -1.31. The van der Waals surface area contributed by atoms with Gasteiger partial charge >= 0.3 is 0 Å². The van der Waals surface area contributed by atoms with Crippen molar-refractivity contribution in [1.29, 1.82) is 0 Å². The number of fused-ring (bicyclic) bond motifs is 3. The van der Waals surface area contributed by atoms with Crippen LogP contribution in [0.2, 0.25) is 0 Å². The van der Waals surface area contributed by atoms with Crippen LogP contribution in [0.5, 0.6) is 0 Å². The first-order valence-corrected chi connectivity index (χ1v) is 6.14. The Balaban J connectivity index is 1.97. The predicted octanol–water partition coefficient (Wildman–Crippen LogP) is 2.24. The van der Waals surface area contributed by atoms with Crippen LogP contribution >= 0.6 is 0 Å². The monoisotopic (exact) mass is 215 g/mol. The Morgan fingerprint density at radius 2 is 2.12 bits per heavy atom. The molecule has 16 heavy (non-hydrogen) atoms. The second kappa shape index (κ2) is 3.62. The number of piperidine rings is 1. The molecular weight excluding hydrogens is 198 g/mol. The number of nitrogens with one attached hydrogen (secondary N) is 1. The van der Waals surface area contributed by atoms with Crippen LogP contribution in [0.25, 0.3) is 0 Å². The molecule has 3 rings (SSSR count). The number of amides is 1. The Labute approximate surface area is 96.1 Å². The third-order valence-electron chi connectivity index (χ3n) is 4.05. The molecule has 3 unspecified atom stereocenters. The van der Waals surface area contributed by atoms with Crippen LogP contribution in [0.3, 0.4) is 0 Å². The highest BCUT2D eigenvalue weighted by molar-refractivity contribution is 5.80. The number of benzene rings is 1. The van der Waals surface area contributed by atoms with Gasteiger partial charge in [0, 0.05) is 17.9 Å². The van der Waals surface area contributed by atoms with Crippen molar-refractivity contribution in [3.63, 3.8) is 0 Å². The van der Waals surface area contributed by atoms with Crippen molar-refractivity contribution in [2.24, 2.45) is 5.92 Å². The molecule has 0 radical (unpaired) electrons. The van der Waals surface area contributed by atoms with E-state index in [0.717, 1.165) is 19.3 Å². The zero-order valence-corrected chi connectivity index (χ0v) is 9.57. The summed E-state index contributed by atoms with van der Waals surface area (Å²) in [6.45, 7) is 2.03. The molecule has 0 saturated carbocycles. The molecule has 0 spiro atoms. The van der Waals surface area contributed by atoms with Crippen LogP contribution < -0.4 is 5.32 Å². The second-order valence-electron chi connectivity index (χ2n) is 5.10. The summed E-state index contributed by atoms with van der Waals surface area (Å²) >= 11 is 0. The predicted molar refractivity (Wildman–Crippen MR) is 63.2 cm³/mol. The summed E-state index contributed by atoms with van der Waals surface area (Å²) < 4.78 is 0.